The third kappa shape index (κ3) is 2.74. The molecule has 0 spiro atoms. The van der Waals surface area contributed by atoms with Gasteiger partial charge in [-0.25, -0.2) is 0 Å². The van der Waals surface area contributed by atoms with E-state index in [4.69, 9.17) is 11.6 Å². The Hall–Kier alpha value is -0.610. The maximum Gasteiger partial charge on any atom is 0.274 e. The molecular weight excluding hydrogens is 293 g/mol. The normalized spacial score (nSPS) is 11.6. The molecule has 3 nitrogen and oxygen atoms in total. The van der Waals surface area contributed by atoms with Crippen LogP contribution in [0.4, 0.5) is 5.69 Å². The van der Waals surface area contributed by atoms with Gasteiger partial charge >= 0.3 is 0 Å². The van der Waals surface area contributed by atoms with Gasteiger partial charge in [0.1, 0.15) is 0 Å². The number of nitrogens with zero attached hydrogens (tertiary/aromatic N) is 1. The fourth-order valence-corrected chi connectivity index (χ4v) is 2.86. The smallest absolute Gasteiger partial charge is 0.258 e. The Bertz CT molecular complexity index is 427. The van der Waals surface area contributed by atoms with Gasteiger partial charge in [-0.3, -0.25) is 10.1 Å². The van der Waals surface area contributed by atoms with Crippen molar-refractivity contribution in [3.63, 3.8) is 0 Å². The van der Waals surface area contributed by atoms with Gasteiger partial charge < -0.3 is 0 Å². The minimum Gasteiger partial charge on any atom is -0.258 e. The summed E-state index contributed by atoms with van der Waals surface area (Å²) < 4.78 is 0.741. The van der Waals surface area contributed by atoms with Gasteiger partial charge in [-0.15, -0.1) is 11.6 Å². The highest BCUT2D eigenvalue weighted by Gasteiger charge is 2.28. The number of alkyl halides is 1. The van der Waals surface area contributed by atoms with Crippen LogP contribution in [0.25, 0.3) is 0 Å². The van der Waals surface area contributed by atoms with Crippen LogP contribution in [-0.4, -0.2) is 4.92 Å². The lowest BCUT2D eigenvalue weighted by Gasteiger charge is -2.21. The predicted octanol–water partition coefficient (Wildman–Crippen LogP) is 4.39. The van der Waals surface area contributed by atoms with Gasteiger partial charge in [0.2, 0.25) is 0 Å². The lowest BCUT2D eigenvalue weighted by molar-refractivity contribution is -0.386. The summed E-state index contributed by atoms with van der Waals surface area (Å²) in [5.41, 5.74) is 1.28. The SMILES string of the molecule is CC(C)(C)c1c(Br)cc(CCl)cc1[N+](=O)[O-]. The maximum absolute atomic E-state index is 11.0. The van der Waals surface area contributed by atoms with Crippen LogP contribution in [0, 0.1) is 10.1 Å². The van der Waals surface area contributed by atoms with E-state index >= 15 is 0 Å². The summed E-state index contributed by atoms with van der Waals surface area (Å²) in [5, 5.41) is 11.0. The zero-order chi connectivity index (χ0) is 12.5. The number of nitro groups is 1. The first-order valence-electron chi connectivity index (χ1n) is 4.80. The summed E-state index contributed by atoms with van der Waals surface area (Å²) >= 11 is 9.08. The molecular formula is C11H13BrClNO2. The van der Waals surface area contributed by atoms with E-state index in [1.54, 1.807) is 6.07 Å². The zero-order valence-electron chi connectivity index (χ0n) is 9.38. The lowest BCUT2D eigenvalue weighted by Crippen LogP contribution is -2.15. The van der Waals surface area contributed by atoms with Crippen molar-refractivity contribution in [1.29, 1.82) is 0 Å². The number of rotatable bonds is 2. The minimum absolute atomic E-state index is 0.123. The minimum atomic E-state index is -0.360. The molecule has 0 saturated carbocycles. The molecule has 0 amide bonds. The molecule has 0 heterocycles. The highest BCUT2D eigenvalue weighted by Crippen LogP contribution is 2.38. The Morgan fingerprint density at radius 2 is 2.00 bits per heavy atom. The van der Waals surface area contributed by atoms with E-state index in [9.17, 15) is 10.1 Å². The molecule has 5 heteroatoms. The van der Waals surface area contributed by atoms with Gasteiger partial charge in [0.05, 0.1) is 4.92 Å². The Labute approximate surface area is 108 Å². The fraction of sp³-hybridized carbons (Fsp3) is 0.455. The number of hydrogen-bond donors (Lipinski definition) is 0. The molecule has 0 radical (unpaired) electrons. The number of halogens is 2. The van der Waals surface area contributed by atoms with Crippen LogP contribution < -0.4 is 0 Å². The van der Waals surface area contributed by atoms with Crippen LogP contribution >= 0.6 is 27.5 Å². The topological polar surface area (TPSA) is 43.1 Å². The number of hydrogen-bond acceptors (Lipinski definition) is 2. The second kappa shape index (κ2) is 4.72. The largest absolute Gasteiger partial charge is 0.274 e. The molecule has 0 aliphatic rings. The molecule has 1 aromatic rings. The van der Waals surface area contributed by atoms with E-state index in [2.05, 4.69) is 15.9 Å². The Morgan fingerprint density at radius 1 is 1.44 bits per heavy atom. The van der Waals surface area contributed by atoms with Crippen molar-refractivity contribution in [3.05, 3.63) is 37.8 Å². The van der Waals surface area contributed by atoms with Crippen LogP contribution in [0.15, 0.2) is 16.6 Å². The van der Waals surface area contributed by atoms with E-state index in [-0.39, 0.29) is 21.9 Å². The predicted molar refractivity (Wildman–Crippen MR) is 69.1 cm³/mol. The average Bonchev–Trinajstić information content (AvgIpc) is 2.14. The molecule has 0 saturated heterocycles. The van der Waals surface area contributed by atoms with Crippen LogP contribution in [0.3, 0.4) is 0 Å². The van der Waals surface area contributed by atoms with Crippen LogP contribution in [0.5, 0.6) is 0 Å². The number of nitro benzene ring substituents is 1. The van der Waals surface area contributed by atoms with Crippen LogP contribution in [-0.2, 0) is 11.3 Å². The Kier molecular flexibility index (Phi) is 3.97. The molecule has 1 rings (SSSR count). The quantitative estimate of drug-likeness (QED) is 0.462. The van der Waals surface area contributed by atoms with Crippen molar-refractivity contribution in [1.82, 2.24) is 0 Å². The second-order valence-electron chi connectivity index (χ2n) is 4.61. The maximum atomic E-state index is 11.0. The van der Waals surface area contributed by atoms with Crippen molar-refractivity contribution < 1.29 is 4.92 Å². The highest BCUT2D eigenvalue weighted by atomic mass is 79.9. The summed E-state index contributed by atoms with van der Waals surface area (Å²) in [6.07, 6.45) is 0. The lowest BCUT2D eigenvalue weighted by atomic mass is 9.85. The molecule has 0 fully saturated rings. The van der Waals surface area contributed by atoms with E-state index in [1.165, 1.54) is 0 Å². The summed E-state index contributed by atoms with van der Waals surface area (Å²) in [7, 11) is 0. The standard InChI is InChI=1S/C11H13BrClNO2/c1-11(2,3)10-8(12)4-7(6-13)5-9(10)14(15)16/h4-5H,6H2,1-3H3. The highest BCUT2D eigenvalue weighted by molar-refractivity contribution is 9.10. The number of benzene rings is 1. The van der Waals surface area contributed by atoms with Crippen LogP contribution in [0.1, 0.15) is 31.9 Å². The van der Waals surface area contributed by atoms with E-state index < -0.39 is 0 Å². The molecule has 0 aliphatic heterocycles. The average molecular weight is 307 g/mol. The van der Waals surface area contributed by atoms with Gasteiger partial charge in [0, 0.05) is 22.0 Å². The van der Waals surface area contributed by atoms with Crippen molar-refractivity contribution in [2.45, 2.75) is 32.1 Å². The van der Waals surface area contributed by atoms with Crippen molar-refractivity contribution in [2.75, 3.05) is 0 Å². The van der Waals surface area contributed by atoms with Crippen molar-refractivity contribution in [3.8, 4) is 0 Å². The van der Waals surface area contributed by atoms with E-state index in [1.807, 2.05) is 26.8 Å². The van der Waals surface area contributed by atoms with Gasteiger partial charge in [0.25, 0.3) is 5.69 Å². The van der Waals surface area contributed by atoms with Gasteiger partial charge in [-0.05, 0) is 17.0 Å². The first-order chi connectivity index (χ1) is 7.27. The molecule has 0 aromatic heterocycles. The summed E-state index contributed by atoms with van der Waals surface area (Å²) in [4.78, 5) is 10.7. The van der Waals surface area contributed by atoms with Crippen LogP contribution in [0.2, 0.25) is 0 Å². The van der Waals surface area contributed by atoms with Crippen molar-refractivity contribution in [2.24, 2.45) is 0 Å². The van der Waals surface area contributed by atoms with Gasteiger partial charge in [0.15, 0.2) is 0 Å². The van der Waals surface area contributed by atoms with Gasteiger partial charge in [-0.1, -0.05) is 36.7 Å². The van der Waals surface area contributed by atoms with Gasteiger partial charge in [-0.2, -0.15) is 0 Å². The molecule has 0 atom stereocenters. The fourth-order valence-electron chi connectivity index (χ4n) is 1.61. The first kappa shape index (κ1) is 13.5. The Morgan fingerprint density at radius 3 is 2.38 bits per heavy atom. The molecule has 0 aliphatic carbocycles. The summed E-state index contributed by atoms with van der Waals surface area (Å²) in [5.74, 6) is 0.268. The molecule has 1 aromatic carbocycles. The summed E-state index contributed by atoms with van der Waals surface area (Å²) in [6.45, 7) is 5.83. The van der Waals surface area contributed by atoms with E-state index in [0.717, 1.165) is 10.0 Å². The molecule has 0 bridgehead atoms. The van der Waals surface area contributed by atoms with E-state index in [0.29, 0.717) is 5.56 Å². The first-order valence-corrected chi connectivity index (χ1v) is 6.13. The second-order valence-corrected chi connectivity index (χ2v) is 5.73. The summed E-state index contributed by atoms with van der Waals surface area (Å²) in [6, 6.07) is 3.37. The molecule has 88 valence electrons. The molecule has 0 N–H and O–H groups in total. The zero-order valence-corrected chi connectivity index (χ0v) is 11.7. The Balaban J connectivity index is 3.53. The molecule has 16 heavy (non-hydrogen) atoms. The van der Waals surface area contributed by atoms with Crippen molar-refractivity contribution >= 4 is 33.2 Å². The monoisotopic (exact) mass is 305 g/mol. The third-order valence-corrected chi connectivity index (χ3v) is 3.16. The third-order valence-electron chi connectivity index (χ3n) is 2.23. The molecule has 0 unspecified atom stereocenters.